The predicted molar refractivity (Wildman–Crippen MR) is 128 cm³/mol. The van der Waals surface area contributed by atoms with Crippen molar-refractivity contribution in [2.45, 2.75) is 22.0 Å². The van der Waals surface area contributed by atoms with E-state index in [0.717, 1.165) is 0 Å². The first-order valence-corrected chi connectivity index (χ1v) is 13.5. The van der Waals surface area contributed by atoms with Gasteiger partial charge in [-0.05, 0) is 17.7 Å². The third-order valence-electron chi connectivity index (χ3n) is 5.38. The summed E-state index contributed by atoms with van der Waals surface area (Å²) in [5, 5.41) is 5.58. The summed E-state index contributed by atoms with van der Waals surface area (Å²) in [7, 11) is -8.83. The number of para-hydroxylation sites is 1. The normalized spacial score (nSPS) is 16.2. The number of rotatable bonds is 9. The Kier molecular flexibility index (Phi) is 7.18. The van der Waals surface area contributed by atoms with Crippen molar-refractivity contribution in [1.29, 1.82) is 0 Å². The number of imidazole rings is 1. The number of sulfonamides is 2. The van der Waals surface area contributed by atoms with Gasteiger partial charge in [-0.15, -0.1) is 0 Å². The number of benzene rings is 2. The molecular weight excluding hydrogens is 498 g/mol. The second kappa shape index (κ2) is 9.84. The van der Waals surface area contributed by atoms with Crippen LogP contribution in [0.25, 0.3) is 22.2 Å². The molecule has 14 N–H and O–H groups in total. The number of hydrogen-bond donors (Lipinski definition) is 10. The lowest BCUT2D eigenvalue weighted by molar-refractivity contribution is 0.533. The van der Waals surface area contributed by atoms with Crippen LogP contribution in [0.2, 0.25) is 0 Å². The van der Waals surface area contributed by atoms with Crippen molar-refractivity contribution in [3.63, 3.8) is 0 Å². The van der Waals surface area contributed by atoms with Crippen LogP contribution in [-0.2, 0) is 20.0 Å². The topological polar surface area (TPSA) is 261 Å². The molecule has 2 heterocycles. The fourth-order valence-corrected chi connectivity index (χ4v) is 6.53. The first-order chi connectivity index (χ1) is 16.6. The molecule has 0 amide bonds. The van der Waals surface area contributed by atoms with Gasteiger partial charge < -0.3 is 22.2 Å². The van der Waals surface area contributed by atoms with Crippen molar-refractivity contribution in [2.75, 3.05) is 19.6 Å². The molecule has 1 aromatic heterocycles. The van der Waals surface area contributed by atoms with Crippen molar-refractivity contribution < 1.29 is 16.8 Å². The lowest BCUT2D eigenvalue weighted by Gasteiger charge is -2.21. The van der Waals surface area contributed by atoms with Gasteiger partial charge >= 0.3 is 0 Å². The smallest absolute Gasteiger partial charge is 0.241 e. The fourth-order valence-electron chi connectivity index (χ4n) is 3.83. The molecule has 1 fully saturated rings. The first-order valence-electron chi connectivity index (χ1n) is 10.4. The summed E-state index contributed by atoms with van der Waals surface area (Å²) in [6, 6.07) is 7.39. The van der Waals surface area contributed by atoms with E-state index in [-0.39, 0.29) is 25.2 Å². The molecule has 0 radical (unpaired) electrons. The standard InChI is InChI=1S/C18H27N11O4S2/c19-6-7-23-35(32,33)13-5-4-9(14(16(13)34(22,30)31)18-26-28-29-27-18)10-2-1-3-12-15(10)25-17(24-12)11(21)8-20/h1-5,11,18,23,26-29H,6-8,19-21H2,(H,24,25)(H2,22,30,31)/t11-/m0/s1. The second-order valence-electron chi connectivity index (χ2n) is 7.72. The van der Waals surface area contributed by atoms with Crippen LogP contribution in [-0.4, -0.2) is 46.4 Å². The van der Waals surface area contributed by atoms with Crippen molar-refractivity contribution >= 4 is 31.1 Å². The van der Waals surface area contributed by atoms with Gasteiger partial charge in [0, 0.05) is 30.8 Å². The Hall–Kier alpha value is -2.55. The van der Waals surface area contributed by atoms with E-state index in [2.05, 4.69) is 36.6 Å². The lowest BCUT2D eigenvalue weighted by Crippen LogP contribution is -2.33. The van der Waals surface area contributed by atoms with Crippen LogP contribution in [0.5, 0.6) is 0 Å². The Balaban J connectivity index is 2.05. The van der Waals surface area contributed by atoms with Crippen molar-refractivity contribution in [3.8, 4) is 11.1 Å². The van der Waals surface area contributed by atoms with Gasteiger partial charge in [-0.2, -0.15) is 11.1 Å². The zero-order chi connectivity index (χ0) is 25.4. The zero-order valence-corrected chi connectivity index (χ0v) is 20.0. The van der Waals surface area contributed by atoms with E-state index in [1.54, 1.807) is 18.2 Å². The molecule has 3 aromatic rings. The minimum Gasteiger partial charge on any atom is -0.341 e. The van der Waals surface area contributed by atoms with Crippen LogP contribution in [0.1, 0.15) is 23.6 Å². The van der Waals surface area contributed by atoms with E-state index < -0.39 is 42.0 Å². The van der Waals surface area contributed by atoms with Gasteiger partial charge in [0.25, 0.3) is 0 Å². The van der Waals surface area contributed by atoms with Crippen LogP contribution in [0.15, 0.2) is 40.1 Å². The molecule has 0 aliphatic carbocycles. The number of hydrogen-bond acceptors (Lipinski definition) is 12. The molecule has 0 spiro atoms. The molecule has 1 aliphatic heterocycles. The van der Waals surface area contributed by atoms with Crippen LogP contribution in [0.4, 0.5) is 0 Å². The van der Waals surface area contributed by atoms with Crippen LogP contribution >= 0.6 is 0 Å². The van der Waals surface area contributed by atoms with Gasteiger partial charge in [0.2, 0.25) is 20.0 Å². The number of nitrogens with zero attached hydrogens (tertiary/aromatic N) is 1. The number of H-pyrrole nitrogens is 1. The number of nitrogens with one attached hydrogen (secondary N) is 6. The third kappa shape index (κ3) is 4.92. The van der Waals surface area contributed by atoms with E-state index >= 15 is 0 Å². The highest BCUT2D eigenvalue weighted by molar-refractivity contribution is 7.92. The monoisotopic (exact) mass is 525 g/mol. The van der Waals surface area contributed by atoms with Gasteiger partial charge in [0.05, 0.1) is 17.1 Å². The van der Waals surface area contributed by atoms with Crippen LogP contribution in [0, 0.1) is 0 Å². The summed E-state index contributed by atoms with van der Waals surface area (Å²) in [5.41, 5.74) is 30.0. The summed E-state index contributed by atoms with van der Waals surface area (Å²) >= 11 is 0. The molecule has 0 bridgehead atoms. The van der Waals surface area contributed by atoms with Gasteiger partial charge in [0.1, 0.15) is 21.8 Å². The SMILES string of the molecule is NCCNS(=O)(=O)c1ccc(-c2cccc3[nH]c([C@@H](N)CN)nc23)c(C2NNNN2)c1S(N)(=O)=O. The number of fused-ring (bicyclic) bond motifs is 1. The minimum atomic E-state index is -4.56. The fraction of sp³-hybridized carbons (Fsp3) is 0.278. The largest absolute Gasteiger partial charge is 0.341 e. The molecule has 0 unspecified atom stereocenters. The molecule has 1 saturated heterocycles. The Morgan fingerprint density at radius 1 is 1.03 bits per heavy atom. The highest BCUT2D eigenvalue weighted by atomic mass is 32.2. The Bertz CT molecular complexity index is 1450. The summed E-state index contributed by atoms with van der Waals surface area (Å²) in [6.07, 6.45) is -0.900. The Morgan fingerprint density at radius 3 is 2.37 bits per heavy atom. The molecule has 35 heavy (non-hydrogen) atoms. The van der Waals surface area contributed by atoms with E-state index in [1.807, 2.05) is 0 Å². The summed E-state index contributed by atoms with van der Waals surface area (Å²) in [5.74, 6) is 0.453. The average Bonchev–Trinajstić information content (AvgIpc) is 3.50. The first kappa shape index (κ1) is 25.5. The predicted octanol–water partition coefficient (Wildman–Crippen LogP) is -2.81. The van der Waals surface area contributed by atoms with E-state index in [1.165, 1.54) is 12.1 Å². The molecule has 1 aliphatic rings. The molecule has 2 aromatic carbocycles. The maximum Gasteiger partial charge on any atom is 0.241 e. The minimum absolute atomic E-state index is 0.0167. The van der Waals surface area contributed by atoms with Crippen LogP contribution in [0.3, 0.4) is 0 Å². The van der Waals surface area contributed by atoms with E-state index in [0.29, 0.717) is 28.0 Å². The maximum atomic E-state index is 13.0. The molecule has 1 atom stereocenters. The highest BCUT2D eigenvalue weighted by Gasteiger charge is 2.34. The Labute approximate surface area is 201 Å². The van der Waals surface area contributed by atoms with E-state index in [4.69, 9.17) is 22.3 Å². The molecule has 15 nitrogen and oxygen atoms in total. The van der Waals surface area contributed by atoms with Crippen molar-refractivity contribution in [1.82, 2.24) is 36.6 Å². The zero-order valence-electron chi connectivity index (χ0n) is 18.4. The summed E-state index contributed by atoms with van der Waals surface area (Å²) < 4.78 is 54.0. The average molecular weight is 526 g/mol. The molecule has 0 saturated carbocycles. The molecule has 4 rings (SSSR count). The molecular formula is C18H27N11O4S2. The van der Waals surface area contributed by atoms with Gasteiger partial charge in [-0.1, -0.05) is 18.2 Å². The summed E-state index contributed by atoms with van der Waals surface area (Å²) in [4.78, 5) is 6.60. The van der Waals surface area contributed by atoms with E-state index in [9.17, 15) is 16.8 Å². The molecule has 17 heteroatoms. The maximum absolute atomic E-state index is 13.0. The van der Waals surface area contributed by atoms with Gasteiger partial charge in [0.15, 0.2) is 0 Å². The van der Waals surface area contributed by atoms with Crippen LogP contribution < -0.4 is 49.0 Å². The third-order valence-corrected chi connectivity index (χ3v) is 8.02. The van der Waals surface area contributed by atoms with Gasteiger partial charge in [-0.3, -0.25) is 0 Å². The number of aromatic nitrogens is 2. The second-order valence-corrected chi connectivity index (χ2v) is 11.0. The quantitative estimate of drug-likeness (QED) is 0.136. The number of hydrazine groups is 3. The highest BCUT2D eigenvalue weighted by Crippen LogP contribution is 2.39. The molecule has 190 valence electrons. The number of aromatic amines is 1. The van der Waals surface area contributed by atoms with Gasteiger partial charge in [-0.25, -0.2) is 42.5 Å². The van der Waals surface area contributed by atoms with Crippen molar-refractivity contribution in [3.05, 3.63) is 41.7 Å². The lowest BCUT2D eigenvalue weighted by atomic mass is 9.96. The summed E-state index contributed by atoms with van der Waals surface area (Å²) in [6.45, 7) is 0.0811. The Morgan fingerprint density at radius 2 is 1.74 bits per heavy atom. The number of primary sulfonamides is 1. The van der Waals surface area contributed by atoms with Crippen molar-refractivity contribution in [2.24, 2.45) is 22.3 Å². The number of nitrogens with two attached hydrogens (primary N) is 4.